The van der Waals surface area contributed by atoms with E-state index in [1.165, 1.54) is 18.2 Å². The van der Waals surface area contributed by atoms with Crippen LogP contribution in [0.4, 0.5) is 0 Å². The molecule has 0 saturated carbocycles. The van der Waals surface area contributed by atoms with Gasteiger partial charge in [0.2, 0.25) is 0 Å². The lowest BCUT2D eigenvalue weighted by molar-refractivity contribution is -0.138. The monoisotopic (exact) mass is 486 g/mol. The van der Waals surface area contributed by atoms with Crippen LogP contribution in [0.2, 0.25) is 10.0 Å². The average molecular weight is 487 g/mol. The maximum Gasteiger partial charge on any atom is 0.269 e. The lowest BCUT2D eigenvalue weighted by Gasteiger charge is -2.39. The predicted octanol–water partition coefficient (Wildman–Crippen LogP) is 3.49. The van der Waals surface area contributed by atoms with Crippen molar-refractivity contribution in [1.82, 2.24) is 9.80 Å². The van der Waals surface area contributed by atoms with Gasteiger partial charge in [-0.1, -0.05) is 35.3 Å². The Kier molecular flexibility index (Phi) is 7.82. The van der Waals surface area contributed by atoms with Crippen molar-refractivity contribution in [1.29, 1.82) is 0 Å². The van der Waals surface area contributed by atoms with E-state index in [1.807, 2.05) is 31.2 Å². The second-order valence-electron chi connectivity index (χ2n) is 7.56. The number of nitrogens with zero attached hydrogens (tertiary/aromatic N) is 2. The Morgan fingerprint density at radius 1 is 1.13 bits per heavy atom. The Labute approximate surface area is 192 Å². The van der Waals surface area contributed by atoms with E-state index in [0.29, 0.717) is 16.6 Å². The van der Waals surface area contributed by atoms with Gasteiger partial charge in [-0.2, -0.15) is 8.42 Å². The molecule has 1 aliphatic heterocycles. The summed E-state index contributed by atoms with van der Waals surface area (Å²) in [6.07, 6.45) is 0. The molecule has 0 aromatic heterocycles. The van der Waals surface area contributed by atoms with Crippen LogP contribution in [0.25, 0.3) is 0 Å². The van der Waals surface area contributed by atoms with Gasteiger partial charge >= 0.3 is 0 Å². The highest BCUT2D eigenvalue weighted by Gasteiger charge is 2.28. The molecule has 1 amide bonds. The molecule has 1 fully saturated rings. The molecule has 2 aromatic rings. The van der Waals surface area contributed by atoms with E-state index in [9.17, 15) is 13.2 Å². The van der Waals surface area contributed by atoms with Gasteiger partial charge < -0.3 is 9.64 Å². The van der Waals surface area contributed by atoms with Crippen molar-refractivity contribution in [3.8, 4) is 5.75 Å². The Bertz CT molecular complexity index is 1030. The van der Waals surface area contributed by atoms with E-state index in [1.54, 1.807) is 4.90 Å². The predicted molar refractivity (Wildman–Crippen MR) is 120 cm³/mol. The lowest BCUT2D eigenvalue weighted by atomic mass is 10.1. The minimum atomic E-state index is -4.27. The molecule has 2 aromatic carbocycles. The highest BCUT2D eigenvalue weighted by molar-refractivity contribution is 7.85. The largest absolute Gasteiger partial charge is 0.483 e. The zero-order valence-electron chi connectivity index (χ0n) is 17.0. The molecule has 1 aliphatic rings. The number of halogens is 2. The molecule has 0 bridgehead atoms. The summed E-state index contributed by atoms with van der Waals surface area (Å²) in [5.74, 6) is -0.632. The molecule has 0 unspecified atom stereocenters. The summed E-state index contributed by atoms with van der Waals surface area (Å²) in [7, 11) is -4.27. The maximum absolute atomic E-state index is 12.7. The minimum Gasteiger partial charge on any atom is -0.483 e. The molecule has 1 N–H and O–H groups in total. The van der Waals surface area contributed by atoms with Crippen LogP contribution in [0.15, 0.2) is 42.5 Å². The van der Waals surface area contributed by atoms with Crippen LogP contribution >= 0.6 is 23.2 Å². The van der Waals surface area contributed by atoms with E-state index < -0.39 is 15.9 Å². The highest BCUT2D eigenvalue weighted by atomic mass is 35.5. The van der Waals surface area contributed by atoms with Crippen LogP contribution in [0, 0.1) is 0 Å². The zero-order chi connectivity index (χ0) is 22.6. The van der Waals surface area contributed by atoms with Crippen molar-refractivity contribution in [3.63, 3.8) is 0 Å². The number of carbonyl (C=O) groups excluding carboxylic acids is 1. The molecule has 168 valence electrons. The smallest absolute Gasteiger partial charge is 0.269 e. The quantitative estimate of drug-likeness (QED) is 0.602. The molecule has 0 aliphatic carbocycles. The van der Waals surface area contributed by atoms with Crippen LogP contribution in [0.3, 0.4) is 0 Å². The number of piperazine rings is 1. The Morgan fingerprint density at radius 3 is 2.45 bits per heavy atom. The van der Waals surface area contributed by atoms with Crippen LogP contribution in [-0.2, 0) is 27.2 Å². The molecular formula is C21H24Cl2N2O5S. The summed E-state index contributed by atoms with van der Waals surface area (Å²) in [5, 5.41) is 1.01. The average Bonchev–Trinajstić information content (AvgIpc) is 2.68. The Morgan fingerprint density at radius 2 is 1.81 bits per heavy atom. The molecule has 31 heavy (non-hydrogen) atoms. The summed E-state index contributed by atoms with van der Waals surface area (Å²) in [5.41, 5.74) is 1.36. The first-order chi connectivity index (χ1) is 14.6. The first-order valence-electron chi connectivity index (χ1n) is 9.73. The van der Waals surface area contributed by atoms with Gasteiger partial charge in [-0.05, 0) is 42.8 Å². The number of hydrogen-bond donors (Lipinski definition) is 1. The number of ether oxygens (including phenoxy) is 1. The van der Waals surface area contributed by atoms with Gasteiger partial charge in [0.15, 0.2) is 6.61 Å². The minimum absolute atomic E-state index is 0.000317. The normalized spacial score (nSPS) is 17.5. The SMILES string of the molecule is C[C@@H]1CN(Cc2ccc(Cl)cc2)CCN1C(=O)COc1ccc(Cl)cc1CS(=O)(=O)O. The van der Waals surface area contributed by atoms with Gasteiger partial charge in [0, 0.05) is 47.8 Å². The summed E-state index contributed by atoms with van der Waals surface area (Å²) >= 11 is 11.8. The third kappa shape index (κ3) is 7.08. The summed E-state index contributed by atoms with van der Waals surface area (Å²) in [4.78, 5) is 16.8. The standard InChI is InChI=1S/C21H24Cl2N2O5S/c1-15-11-24(12-16-2-4-18(22)5-3-16)8-9-25(15)21(26)13-30-20-7-6-19(23)10-17(20)14-31(27,28)29/h2-7,10,15H,8-9,11-14H2,1H3,(H,27,28,29)/t15-/m1/s1. The van der Waals surface area contributed by atoms with Crippen molar-refractivity contribution in [2.24, 2.45) is 0 Å². The molecule has 1 atom stereocenters. The lowest BCUT2D eigenvalue weighted by Crippen LogP contribution is -2.54. The molecule has 10 heteroatoms. The molecule has 3 rings (SSSR count). The Balaban J connectivity index is 1.56. The van der Waals surface area contributed by atoms with Gasteiger partial charge in [-0.25, -0.2) is 0 Å². The number of rotatable bonds is 7. The summed E-state index contributed by atoms with van der Waals surface area (Å²) < 4.78 is 37.2. The van der Waals surface area contributed by atoms with Gasteiger partial charge in [0.1, 0.15) is 11.5 Å². The number of hydrogen-bond acceptors (Lipinski definition) is 5. The second kappa shape index (κ2) is 10.2. The third-order valence-corrected chi connectivity index (χ3v) is 6.23. The fraction of sp³-hybridized carbons (Fsp3) is 0.381. The van der Waals surface area contributed by atoms with Gasteiger partial charge in [0.25, 0.3) is 16.0 Å². The van der Waals surface area contributed by atoms with Crippen molar-refractivity contribution in [2.75, 3.05) is 26.2 Å². The topological polar surface area (TPSA) is 87.2 Å². The first kappa shape index (κ1) is 23.8. The summed E-state index contributed by atoms with van der Waals surface area (Å²) in [6.45, 7) is 4.55. The molecule has 0 spiro atoms. The van der Waals surface area contributed by atoms with Crippen molar-refractivity contribution >= 4 is 39.2 Å². The molecular weight excluding hydrogens is 463 g/mol. The van der Waals surface area contributed by atoms with Crippen molar-refractivity contribution in [3.05, 3.63) is 63.6 Å². The van der Waals surface area contributed by atoms with Gasteiger partial charge in [-0.3, -0.25) is 14.2 Å². The number of amides is 1. The van der Waals surface area contributed by atoms with Crippen molar-refractivity contribution in [2.45, 2.75) is 25.3 Å². The fourth-order valence-corrected chi connectivity index (χ4v) is 4.56. The van der Waals surface area contributed by atoms with E-state index in [0.717, 1.165) is 25.2 Å². The van der Waals surface area contributed by atoms with Crippen LogP contribution < -0.4 is 4.74 Å². The van der Waals surface area contributed by atoms with Crippen LogP contribution in [-0.4, -0.2) is 61.0 Å². The number of benzene rings is 2. The molecule has 7 nitrogen and oxygen atoms in total. The highest BCUT2D eigenvalue weighted by Crippen LogP contribution is 2.25. The van der Waals surface area contributed by atoms with Gasteiger partial charge in [0.05, 0.1) is 0 Å². The second-order valence-corrected chi connectivity index (χ2v) is 9.89. The third-order valence-electron chi connectivity index (χ3n) is 5.06. The Hall–Kier alpha value is -1.84. The van der Waals surface area contributed by atoms with E-state index in [-0.39, 0.29) is 29.9 Å². The number of carbonyl (C=O) groups is 1. The molecule has 1 saturated heterocycles. The molecule has 1 heterocycles. The van der Waals surface area contributed by atoms with Crippen molar-refractivity contribution < 1.29 is 22.5 Å². The van der Waals surface area contributed by atoms with Gasteiger partial charge in [-0.15, -0.1) is 0 Å². The fourth-order valence-electron chi connectivity index (χ4n) is 3.62. The van der Waals surface area contributed by atoms with Crippen LogP contribution in [0.1, 0.15) is 18.1 Å². The van der Waals surface area contributed by atoms with E-state index >= 15 is 0 Å². The summed E-state index contributed by atoms with van der Waals surface area (Å²) in [6, 6.07) is 12.1. The molecule has 0 radical (unpaired) electrons. The van der Waals surface area contributed by atoms with E-state index in [2.05, 4.69) is 4.90 Å². The van der Waals surface area contributed by atoms with E-state index in [4.69, 9.17) is 32.5 Å². The zero-order valence-corrected chi connectivity index (χ0v) is 19.3. The first-order valence-corrected chi connectivity index (χ1v) is 12.1. The maximum atomic E-state index is 12.7. The van der Waals surface area contributed by atoms with Crippen LogP contribution in [0.5, 0.6) is 5.75 Å².